The Morgan fingerprint density at radius 2 is 2.26 bits per heavy atom. The van der Waals surface area contributed by atoms with E-state index in [0.29, 0.717) is 5.92 Å². The van der Waals surface area contributed by atoms with Gasteiger partial charge < -0.3 is 10.6 Å². The van der Waals surface area contributed by atoms with Crippen LogP contribution < -0.4 is 10.6 Å². The molecule has 0 aromatic heterocycles. The van der Waals surface area contributed by atoms with Gasteiger partial charge in [0.25, 0.3) is 5.69 Å². The normalized spacial score (nSPS) is 21.2. The lowest BCUT2D eigenvalue weighted by molar-refractivity contribution is -0.384. The molecule has 2 atom stereocenters. The van der Waals surface area contributed by atoms with Crippen molar-refractivity contribution in [3.05, 3.63) is 33.9 Å². The van der Waals surface area contributed by atoms with Crippen molar-refractivity contribution in [1.82, 2.24) is 0 Å². The van der Waals surface area contributed by atoms with Crippen molar-refractivity contribution in [2.45, 2.75) is 32.7 Å². The molecule has 1 saturated heterocycles. The van der Waals surface area contributed by atoms with Crippen LogP contribution in [0.1, 0.15) is 25.3 Å². The molecule has 1 aliphatic heterocycles. The largest absolute Gasteiger partial charge is 0.366 e. The predicted molar refractivity (Wildman–Crippen MR) is 76.4 cm³/mol. The van der Waals surface area contributed by atoms with E-state index in [1.165, 1.54) is 0 Å². The molecule has 0 amide bonds. The number of nitrogens with zero attached hydrogens (tertiary/aromatic N) is 2. The molecule has 19 heavy (non-hydrogen) atoms. The van der Waals surface area contributed by atoms with Crippen molar-refractivity contribution < 1.29 is 4.92 Å². The number of piperidine rings is 1. The first-order valence-electron chi connectivity index (χ1n) is 6.74. The lowest BCUT2D eigenvalue weighted by atomic mass is 9.91. The summed E-state index contributed by atoms with van der Waals surface area (Å²) in [7, 11) is 0. The molecule has 1 aromatic carbocycles. The van der Waals surface area contributed by atoms with E-state index in [1.54, 1.807) is 6.07 Å². The molecular formula is C14H21N3O2. The van der Waals surface area contributed by atoms with Crippen LogP contribution in [-0.2, 0) is 0 Å². The Bertz CT molecular complexity index is 474. The molecule has 5 heteroatoms. The van der Waals surface area contributed by atoms with Gasteiger partial charge in [0.15, 0.2) is 0 Å². The second-order valence-electron chi connectivity index (χ2n) is 5.46. The maximum Gasteiger partial charge on any atom is 0.292 e. The molecule has 1 heterocycles. The lowest BCUT2D eigenvalue weighted by Gasteiger charge is -2.35. The molecule has 0 spiro atoms. The van der Waals surface area contributed by atoms with Gasteiger partial charge in [-0.05, 0) is 44.2 Å². The summed E-state index contributed by atoms with van der Waals surface area (Å²) in [5.41, 5.74) is 7.80. The van der Waals surface area contributed by atoms with Gasteiger partial charge in [0, 0.05) is 25.2 Å². The molecule has 0 saturated carbocycles. The number of nitrogens with two attached hydrogens (primary N) is 1. The Hall–Kier alpha value is -1.62. The van der Waals surface area contributed by atoms with Crippen LogP contribution in [0, 0.1) is 23.0 Å². The summed E-state index contributed by atoms with van der Waals surface area (Å²) in [5.74, 6) is 0.412. The summed E-state index contributed by atoms with van der Waals surface area (Å²) < 4.78 is 0. The van der Waals surface area contributed by atoms with E-state index in [9.17, 15) is 10.1 Å². The van der Waals surface area contributed by atoms with E-state index in [1.807, 2.05) is 26.0 Å². The monoisotopic (exact) mass is 263 g/mol. The molecule has 1 aromatic rings. The van der Waals surface area contributed by atoms with Crippen LogP contribution in [0.4, 0.5) is 11.4 Å². The number of hydrogen-bond acceptors (Lipinski definition) is 4. The fourth-order valence-corrected chi connectivity index (χ4v) is 2.71. The van der Waals surface area contributed by atoms with Crippen LogP contribution in [0.15, 0.2) is 18.2 Å². The van der Waals surface area contributed by atoms with Gasteiger partial charge in [0.05, 0.1) is 4.92 Å². The molecule has 5 nitrogen and oxygen atoms in total. The van der Waals surface area contributed by atoms with Crippen molar-refractivity contribution in [3.63, 3.8) is 0 Å². The highest BCUT2D eigenvalue weighted by atomic mass is 16.6. The van der Waals surface area contributed by atoms with Gasteiger partial charge in [0.1, 0.15) is 5.69 Å². The number of benzene rings is 1. The molecule has 2 unspecified atom stereocenters. The third-order valence-corrected chi connectivity index (χ3v) is 3.87. The lowest BCUT2D eigenvalue weighted by Crippen LogP contribution is -2.42. The zero-order valence-electron chi connectivity index (χ0n) is 11.5. The second-order valence-corrected chi connectivity index (χ2v) is 5.46. The first-order valence-corrected chi connectivity index (χ1v) is 6.74. The highest BCUT2D eigenvalue weighted by Gasteiger charge is 2.27. The van der Waals surface area contributed by atoms with Crippen molar-refractivity contribution in [1.29, 1.82) is 0 Å². The minimum absolute atomic E-state index is 0.132. The Morgan fingerprint density at radius 3 is 2.89 bits per heavy atom. The highest BCUT2D eigenvalue weighted by molar-refractivity contribution is 5.64. The first-order chi connectivity index (χ1) is 8.99. The Labute approximate surface area is 113 Å². The molecule has 0 aliphatic carbocycles. The maximum absolute atomic E-state index is 11.2. The van der Waals surface area contributed by atoms with Crippen molar-refractivity contribution in [3.8, 4) is 0 Å². The summed E-state index contributed by atoms with van der Waals surface area (Å²) in [5, 5.41) is 11.2. The van der Waals surface area contributed by atoms with Crippen LogP contribution in [0.3, 0.4) is 0 Å². The minimum atomic E-state index is -0.294. The van der Waals surface area contributed by atoms with Gasteiger partial charge in [-0.15, -0.1) is 0 Å². The number of anilines is 1. The zero-order chi connectivity index (χ0) is 14.0. The average molecular weight is 263 g/mol. The maximum atomic E-state index is 11.2. The number of aryl methyl sites for hydroxylation is 1. The third kappa shape index (κ3) is 3.04. The average Bonchev–Trinajstić information content (AvgIpc) is 2.38. The third-order valence-electron chi connectivity index (χ3n) is 3.87. The van der Waals surface area contributed by atoms with Crippen LogP contribution >= 0.6 is 0 Å². The van der Waals surface area contributed by atoms with Gasteiger partial charge in [-0.1, -0.05) is 6.07 Å². The van der Waals surface area contributed by atoms with Crippen LogP contribution in [0.2, 0.25) is 0 Å². The van der Waals surface area contributed by atoms with Crippen LogP contribution in [0.5, 0.6) is 0 Å². The molecular weight excluding hydrogens is 242 g/mol. The van der Waals surface area contributed by atoms with E-state index in [4.69, 9.17) is 5.73 Å². The molecule has 0 bridgehead atoms. The first kappa shape index (κ1) is 13.8. The standard InChI is InChI=1S/C14H21N3O2/c1-10-5-6-13(14(8-10)17(18)19)16-7-3-4-12(9-16)11(2)15/h5-6,8,11-12H,3-4,7,9,15H2,1-2H3. The molecule has 104 valence electrons. The van der Waals surface area contributed by atoms with Gasteiger partial charge in [0.2, 0.25) is 0 Å². The van der Waals surface area contributed by atoms with E-state index in [2.05, 4.69) is 4.90 Å². The van der Waals surface area contributed by atoms with Crippen LogP contribution in [0.25, 0.3) is 0 Å². The quantitative estimate of drug-likeness (QED) is 0.671. The summed E-state index contributed by atoms with van der Waals surface area (Å²) in [6.07, 6.45) is 2.14. The Morgan fingerprint density at radius 1 is 1.53 bits per heavy atom. The summed E-state index contributed by atoms with van der Waals surface area (Å²) in [6, 6.07) is 5.56. The van der Waals surface area contributed by atoms with Crippen LogP contribution in [-0.4, -0.2) is 24.1 Å². The topological polar surface area (TPSA) is 72.4 Å². The number of nitro groups is 1. The summed E-state index contributed by atoms with van der Waals surface area (Å²) in [4.78, 5) is 13.0. The smallest absolute Gasteiger partial charge is 0.292 e. The fourth-order valence-electron chi connectivity index (χ4n) is 2.71. The highest BCUT2D eigenvalue weighted by Crippen LogP contribution is 2.32. The van der Waals surface area contributed by atoms with Crippen molar-refractivity contribution in [2.75, 3.05) is 18.0 Å². The van der Waals surface area contributed by atoms with Gasteiger partial charge in [-0.25, -0.2) is 0 Å². The fraction of sp³-hybridized carbons (Fsp3) is 0.571. The summed E-state index contributed by atoms with van der Waals surface area (Å²) >= 11 is 0. The Balaban J connectivity index is 2.28. The number of rotatable bonds is 3. The molecule has 2 rings (SSSR count). The molecule has 0 radical (unpaired) electrons. The van der Waals surface area contributed by atoms with Crippen molar-refractivity contribution >= 4 is 11.4 Å². The van der Waals surface area contributed by atoms with E-state index in [-0.39, 0.29) is 16.7 Å². The van der Waals surface area contributed by atoms with Gasteiger partial charge >= 0.3 is 0 Å². The van der Waals surface area contributed by atoms with E-state index < -0.39 is 0 Å². The molecule has 2 N–H and O–H groups in total. The molecule has 1 aliphatic rings. The zero-order valence-corrected chi connectivity index (χ0v) is 11.5. The predicted octanol–water partition coefficient (Wildman–Crippen LogP) is 2.47. The molecule has 1 fully saturated rings. The van der Waals surface area contributed by atoms with E-state index in [0.717, 1.165) is 37.2 Å². The summed E-state index contributed by atoms with van der Waals surface area (Å²) in [6.45, 7) is 5.56. The number of hydrogen-bond donors (Lipinski definition) is 1. The Kier molecular flexibility index (Phi) is 4.04. The SMILES string of the molecule is Cc1ccc(N2CCCC(C(C)N)C2)c([N+](=O)[O-])c1. The van der Waals surface area contributed by atoms with Gasteiger partial charge in [-0.3, -0.25) is 10.1 Å². The van der Waals surface area contributed by atoms with E-state index >= 15 is 0 Å². The second kappa shape index (κ2) is 5.57. The van der Waals surface area contributed by atoms with Gasteiger partial charge in [-0.2, -0.15) is 0 Å². The number of nitro benzene ring substituents is 1. The minimum Gasteiger partial charge on any atom is -0.366 e. The van der Waals surface area contributed by atoms with Crippen molar-refractivity contribution in [2.24, 2.45) is 11.7 Å².